The summed E-state index contributed by atoms with van der Waals surface area (Å²) >= 11 is 0. The van der Waals surface area contributed by atoms with Gasteiger partial charge in [0.1, 0.15) is 73.2 Å². The van der Waals surface area contributed by atoms with Crippen molar-refractivity contribution in [1.29, 1.82) is 0 Å². The molecule has 19 nitrogen and oxygen atoms in total. The Balaban J connectivity index is 1.53. The van der Waals surface area contributed by atoms with Crippen LogP contribution in [0.25, 0.3) is 0 Å². The molecule has 17 unspecified atom stereocenters. The third kappa shape index (κ3) is 23.9. The van der Waals surface area contributed by atoms with Crippen LogP contribution in [0.1, 0.15) is 174 Å². The van der Waals surface area contributed by atoms with E-state index in [9.17, 15) is 61.0 Å². The number of hydrogen-bond donors (Lipinski definition) is 12. The van der Waals surface area contributed by atoms with Crippen LogP contribution in [0, 0.1) is 0 Å². The van der Waals surface area contributed by atoms with Crippen LogP contribution in [-0.4, -0.2) is 193 Å². The van der Waals surface area contributed by atoms with Crippen molar-refractivity contribution in [3.63, 3.8) is 0 Å². The minimum absolute atomic E-state index is 0.234. The van der Waals surface area contributed by atoms with E-state index >= 15 is 0 Å². The number of hydrogen-bond acceptors (Lipinski definition) is 18. The van der Waals surface area contributed by atoms with Gasteiger partial charge in [0.05, 0.1) is 38.6 Å². The fourth-order valence-electron chi connectivity index (χ4n) is 9.45. The Kier molecular flexibility index (Phi) is 35.3. The molecule has 3 heterocycles. The van der Waals surface area contributed by atoms with Crippen molar-refractivity contribution in [2.75, 3.05) is 26.4 Å². The average Bonchev–Trinajstić information content (AvgIpc) is 3.40. The molecule has 0 aliphatic carbocycles. The highest BCUT2D eigenvalue weighted by Crippen LogP contribution is 2.33. The summed E-state index contributed by atoms with van der Waals surface area (Å²) in [6.07, 6.45) is 12.7. The first-order valence-electron chi connectivity index (χ1n) is 28.2. The molecule has 0 saturated carbocycles. The maximum atomic E-state index is 13.3. The van der Waals surface area contributed by atoms with Crippen LogP contribution in [-0.2, 0) is 33.2 Å². The van der Waals surface area contributed by atoms with Gasteiger partial charge in [0.2, 0.25) is 5.91 Å². The lowest BCUT2D eigenvalue weighted by Gasteiger charge is -2.48. The number of carbonyl (C=O) groups excluding carboxylic acids is 1. The highest BCUT2D eigenvalue weighted by molar-refractivity contribution is 5.76. The quantitative estimate of drug-likeness (QED) is 0.0307. The van der Waals surface area contributed by atoms with Gasteiger partial charge in [0, 0.05) is 6.42 Å². The molecule has 0 aromatic rings. The van der Waals surface area contributed by atoms with Crippen molar-refractivity contribution in [2.45, 2.75) is 279 Å². The topological polar surface area (TPSA) is 307 Å². The zero-order valence-corrected chi connectivity index (χ0v) is 44.6. The molecule has 0 bridgehead atoms. The number of unbranched alkanes of at least 4 members (excludes halogenated alkanes) is 20. The van der Waals surface area contributed by atoms with E-state index in [0.29, 0.717) is 6.42 Å². The summed E-state index contributed by atoms with van der Waals surface area (Å²) in [5, 5.41) is 120. The van der Waals surface area contributed by atoms with E-state index in [4.69, 9.17) is 28.4 Å². The summed E-state index contributed by atoms with van der Waals surface area (Å²) in [4.78, 5) is 13.3. The van der Waals surface area contributed by atoms with Crippen molar-refractivity contribution < 1.29 is 89.4 Å². The molecule has 74 heavy (non-hydrogen) atoms. The maximum absolute atomic E-state index is 13.3. The minimum atomic E-state index is -1.98. The van der Waals surface area contributed by atoms with Gasteiger partial charge in [0.25, 0.3) is 0 Å². The van der Waals surface area contributed by atoms with Crippen molar-refractivity contribution in [3.8, 4) is 0 Å². The Hall–Kier alpha value is -1.99. The van der Waals surface area contributed by atoms with Gasteiger partial charge in [-0.15, -0.1) is 0 Å². The van der Waals surface area contributed by atoms with Crippen molar-refractivity contribution in [1.82, 2.24) is 5.32 Å². The zero-order valence-electron chi connectivity index (χ0n) is 44.6. The number of ether oxygens (including phenoxy) is 6. The van der Waals surface area contributed by atoms with E-state index in [1.165, 1.54) is 64.2 Å². The number of amides is 1. The van der Waals surface area contributed by atoms with Crippen molar-refractivity contribution in [2.24, 2.45) is 0 Å². The number of carbonyl (C=O) groups is 1. The molecule has 3 aliphatic heterocycles. The monoisotopic (exact) mass is 1060 g/mol. The largest absolute Gasteiger partial charge is 0.394 e. The first kappa shape index (κ1) is 66.3. The Morgan fingerprint density at radius 3 is 1.41 bits per heavy atom. The van der Waals surface area contributed by atoms with Crippen LogP contribution in [0.2, 0.25) is 0 Å². The summed E-state index contributed by atoms with van der Waals surface area (Å²) < 4.78 is 34.2. The van der Waals surface area contributed by atoms with Crippen LogP contribution in [0.15, 0.2) is 36.5 Å². The lowest BCUT2D eigenvalue weighted by molar-refractivity contribution is -0.379. The van der Waals surface area contributed by atoms with Gasteiger partial charge in [-0.25, -0.2) is 0 Å². The van der Waals surface area contributed by atoms with Crippen molar-refractivity contribution >= 4 is 5.91 Å². The average molecular weight is 1060 g/mol. The van der Waals surface area contributed by atoms with Crippen LogP contribution < -0.4 is 5.32 Å². The standard InChI is InChI=1S/C55H99NO18/c1-3-5-7-9-11-13-15-17-18-19-20-21-23-25-27-29-31-33-43(61)56-38(39(60)32-30-28-26-24-22-16-14-12-10-8-6-4-2)37-69-53-49(67)46(64)51(41(35-58)71-53)74-55-50(68)47(65)52(42(36-59)72-55)73-54-48(66)45(63)44(62)40(34-57)70-54/h11,13,17-18,30,32,38-42,44-55,57-60,62-68H,3-10,12,14-16,19-29,31,33-37H2,1-2H3,(H,56,61)/b13-11-,18-17-,32-30+. The van der Waals surface area contributed by atoms with Crippen LogP contribution >= 0.6 is 0 Å². The molecule has 0 radical (unpaired) electrons. The summed E-state index contributed by atoms with van der Waals surface area (Å²) in [7, 11) is 0. The summed E-state index contributed by atoms with van der Waals surface area (Å²) in [5.41, 5.74) is 0. The predicted octanol–water partition coefficient (Wildman–Crippen LogP) is 3.76. The predicted molar refractivity (Wildman–Crippen MR) is 277 cm³/mol. The smallest absolute Gasteiger partial charge is 0.220 e. The van der Waals surface area contributed by atoms with Gasteiger partial charge < -0.3 is 89.9 Å². The SMILES string of the molecule is CCCCC/C=C\C/C=C\CCCCCCCCCC(=O)NC(COC1OC(CO)C(OC2OC(CO)C(OC3OC(CO)C(O)C(O)C3O)C(O)C2O)C(O)C1O)C(O)/C=C/CCCCCCCCCCCC. The molecule has 3 fully saturated rings. The molecular weight excluding hydrogens is 963 g/mol. The van der Waals surface area contributed by atoms with Gasteiger partial charge in [-0.1, -0.05) is 153 Å². The van der Waals surface area contributed by atoms with Crippen LogP contribution in [0.5, 0.6) is 0 Å². The van der Waals surface area contributed by atoms with Gasteiger partial charge >= 0.3 is 0 Å². The molecule has 3 saturated heterocycles. The number of nitrogens with one attached hydrogen (secondary N) is 1. The number of aliphatic hydroxyl groups is 11. The lowest BCUT2D eigenvalue weighted by Crippen LogP contribution is -2.66. The summed E-state index contributed by atoms with van der Waals surface area (Å²) in [6.45, 7) is 1.65. The Labute approximate surface area is 440 Å². The summed E-state index contributed by atoms with van der Waals surface area (Å²) in [6, 6.07) is -0.974. The van der Waals surface area contributed by atoms with Gasteiger partial charge in [-0.05, 0) is 51.4 Å². The molecule has 0 spiro atoms. The molecule has 1 amide bonds. The Morgan fingerprint density at radius 1 is 0.486 bits per heavy atom. The maximum Gasteiger partial charge on any atom is 0.220 e. The number of rotatable bonds is 40. The van der Waals surface area contributed by atoms with E-state index in [-0.39, 0.29) is 18.9 Å². The second kappa shape index (κ2) is 39.4. The highest BCUT2D eigenvalue weighted by atomic mass is 16.8. The van der Waals surface area contributed by atoms with Gasteiger partial charge in [-0.3, -0.25) is 4.79 Å². The Bertz CT molecular complexity index is 1500. The molecule has 432 valence electrons. The first-order chi connectivity index (χ1) is 35.8. The van der Waals surface area contributed by atoms with Crippen LogP contribution in [0.3, 0.4) is 0 Å². The van der Waals surface area contributed by atoms with E-state index in [1.807, 2.05) is 6.08 Å². The Morgan fingerprint density at radius 2 is 0.892 bits per heavy atom. The second-order valence-corrected chi connectivity index (χ2v) is 20.4. The minimum Gasteiger partial charge on any atom is -0.394 e. The van der Waals surface area contributed by atoms with E-state index in [2.05, 4.69) is 43.5 Å². The van der Waals surface area contributed by atoms with E-state index in [1.54, 1.807) is 6.08 Å². The van der Waals surface area contributed by atoms with Gasteiger partial charge in [-0.2, -0.15) is 0 Å². The fraction of sp³-hybridized carbons (Fsp3) is 0.873. The molecule has 3 aliphatic rings. The van der Waals surface area contributed by atoms with Gasteiger partial charge in [0.15, 0.2) is 18.9 Å². The molecular formula is C55H99NO18. The normalized spacial score (nSPS) is 31.7. The van der Waals surface area contributed by atoms with E-state index < -0.39 is 124 Å². The molecule has 17 atom stereocenters. The third-order valence-electron chi connectivity index (χ3n) is 14.2. The first-order valence-corrected chi connectivity index (χ1v) is 28.2. The second-order valence-electron chi connectivity index (χ2n) is 20.4. The summed E-state index contributed by atoms with van der Waals surface area (Å²) in [5.74, 6) is -0.287. The van der Waals surface area contributed by atoms with E-state index in [0.717, 1.165) is 83.5 Å². The molecule has 19 heteroatoms. The van der Waals surface area contributed by atoms with Crippen molar-refractivity contribution in [3.05, 3.63) is 36.5 Å². The third-order valence-corrected chi connectivity index (χ3v) is 14.2. The number of aliphatic hydroxyl groups excluding tert-OH is 11. The lowest BCUT2D eigenvalue weighted by atomic mass is 9.96. The molecule has 3 rings (SSSR count). The number of allylic oxidation sites excluding steroid dienone is 5. The van der Waals surface area contributed by atoms with Crippen LogP contribution in [0.4, 0.5) is 0 Å². The molecule has 0 aromatic heterocycles. The molecule has 0 aromatic carbocycles. The zero-order chi connectivity index (χ0) is 54.1. The fourth-order valence-corrected chi connectivity index (χ4v) is 9.45. The highest BCUT2D eigenvalue weighted by Gasteiger charge is 2.53. The molecule has 12 N–H and O–H groups in total.